The van der Waals surface area contributed by atoms with Gasteiger partial charge in [-0.25, -0.2) is 5.43 Å². The van der Waals surface area contributed by atoms with E-state index in [1.807, 2.05) is 6.92 Å². The molecule has 0 aromatic heterocycles. The Morgan fingerprint density at radius 2 is 2.17 bits per heavy atom. The zero-order chi connectivity index (χ0) is 4.99. The Morgan fingerprint density at radius 1 is 1.67 bits per heavy atom. The fourth-order valence-corrected chi connectivity index (χ4v) is 0.278. The molecule has 0 aliphatic heterocycles. The zero-order valence-corrected chi connectivity index (χ0v) is 4.72. The van der Waals surface area contributed by atoms with E-state index in [9.17, 15) is 0 Å². The summed E-state index contributed by atoms with van der Waals surface area (Å²) in [6.07, 6.45) is 0. The van der Waals surface area contributed by atoms with Crippen molar-refractivity contribution >= 4 is 17.2 Å². The Kier molecular flexibility index (Phi) is 2.98. The van der Waals surface area contributed by atoms with Crippen molar-refractivity contribution in [3.05, 3.63) is 0 Å². The van der Waals surface area contributed by atoms with Crippen molar-refractivity contribution in [3.8, 4) is 0 Å². The standard InChI is InChI=1S/C3H8N2S/c1-3(6)5-4-2/h4H,1-2H3,(H,5,6). The van der Waals surface area contributed by atoms with Gasteiger partial charge in [-0.3, -0.25) is 0 Å². The molecule has 0 radical (unpaired) electrons. The van der Waals surface area contributed by atoms with Crippen molar-refractivity contribution in [2.75, 3.05) is 7.05 Å². The van der Waals surface area contributed by atoms with Crippen LogP contribution in [-0.4, -0.2) is 12.0 Å². The topological polar surface area (TPSA) is 24.1 Å². The molecular weight excluding hydrogens is 96.1 g/mol. The number of thiocarbonyl (C=S) groups is 1. The van der Waals surface area contributed by atoms with Crippen molar-refractivity contribution < 1.29 is 0 Å². The molecule has 0 aliphatic carbocycles. The van der Waals surface area contributed by atoms with Gasteiger partial charge < -0.3 is 5.43 Å². The first-order valence-electron chi connectivity index (χ1n) is 1.70. The summed E-state index contributed by atoms with van der Waals surface area (Å²) in [6.45, 7) is 1.81. The van der Waals surface area contributed by atoms with Crippen LogP contribution < -0.4 is 10.9 Å². The van der Waals surface area contributed by atoms with E-state index in [0.717, 1.165) is 4.99 Å². The minimum atomic E-state index is 0.762. The molecule has 0 aromatic carbocycles. The molecule has 2 N–H and O–H groups in total. The van der Waals surface area contributed by atoms with Crippen molar-refractivity contribution in [3.63, 3.8) is 0 Å². The highest BCUT2D eigenvalue weighted by molar-refractivity contribution is 7.80. The molecule has 0 bridgehead atoms. The summed E-state index contributed by atoms with van der Waals surface area (Å²) in [5.41, 5.74) is 5.37. The number of rotatable bonds is 1. The molecule has 3 heteroatoms. The Labute approximate surface area is 42.9 Å². The molecule has 36 valence electrons. The van der Waals surface area contributed by atoms with Crippen LogP contribution in [0.3, 0.4) is 0 Å². The number of hydrogen-bond donors (Lipinski definition) is 2. The summed E-state index contributed by atoms with van der Waals surface area (Å²) in [5.74, 6) is 0. The van der Waals surface area contributed by atoms with E-state index in [1.165, 1.54) is 0 Å². The molecule has 0 aliphatic rings. The maximum absolute atomic E-state index is 4.62. The smallest absolute Gasteiger partial charge is 0.0863 e. The first kappa shape index (κ1) is 5.85. The van der Waals surface area contributed by atoms with Crippen LogP contribution in [0.5, 0.6) is 0 Å². The molecule has 0 amide bonds. The number of hydrogen-bond acceptors (Lipinski definition) is 2. The van der Waals surface area contributed by atoms with Crippen LogP contribution >= 0.6 is 12.2 Å². The molecule has 0 spiro atoms. The van der Waals surface area contributed by atoms with Gasteiger partial charge in [-0.15, -0.1) is 0 Å². The predicted octanol–water partition coefficient (Wildman–Crippen LogP) is 0.0577. The summed E-state index contributed by atoms with van der Waals surface area (Å²) in [6, 6.07) is 0. The third-order valence-corrected chi connectivity index (χ3v) is 0.403. The Hall–Kier alpha value is -0.150. The van der Waals surface area contributed by atoms with Gasteiger partial charge in [0.2, 0.25) is 0 Å². The summed E-state index contributed by atoms with van der Waals surface area (Å²) < 4.78 is 0. The van der Waals surface area contributed by atoms with Crippen LogP contribution in [0.25, 0.3) is 0 Å². The van der Waals surface area contributed by atoms with E-state index in [4.69, 9.17) is 0 Å². The molecular formula is C3H8N2S. The fraction of sp³-hybridized carbons (Fsp3) is 0.667. The number of hydrazine groups is 1. The third-order valence-electron chi connectivity index (χ3n) is 0.301. The second-order valence-corrected chi connectivity index (χ2v) is 1.54. The van der Waals surface area contributed by atoms with Gasteiger partial charge in [0.05, 0.1) is 4.99 Å². The lowest BCUT2D eigenvalue weighted by atomic mass is 10.8. The SMILES string of the molecule is CNNC(C)=S. The third kappa shape index (κ3) is 3.85. The van der Waals surface area contributed by atoms with Crippen LogP contribution in [-0.2, 0) is 0 Å². The molecule has 2 nitrogen and oxygen atoms in total. The quantitative estimate of drug-likeness (QED) is 0.363. The maximum atomic E-state index is 4.62. The van der Waals surface area contributed by atoms with Gasteiger partial charge in [0.25, 0.3) is 0 Å². The van der Waals surface area contributed by atoms with Gasteiger partial charge in [0.1, 0.15) is 0 Å². The Bertz CT molecular complexity index is 52.8. The first-order chi connectivity index (χ1) is 2.77. The van der Waals surface area contributed by atoms with Crippen molar-refractivity contribution in [2.24, 2.45) is 0 Å². The van der Waals surface area contributed by atoms with E-state index in [-0.39, 0.29) is 0 Å². The minimum Gasteiger partial charge on any atom is -0.316 e. The minimum absolute atomic E-state index is 0.762. The second-order valence-electron chi connectivity index (χ2n) is 0.931. The zero-order valence-electron chi connectivity index (χ0n) is 3.91. The van der Waals surface area contributed by atoms with E-state index >= 15 is 0 Å². The normalized spacial score (nSPS) is 7.67. The second kappa shape index (κ2) is 3.06. The van der Waals surface area contributed by atoms with Crippen LogP contribution in [0.4, 0.5) is 0 Å². The lowest BCUT2D eigenvalue weighted by molar-refractivity contribution is 0.775. The predicted molar refractivity (Wildman–Crippen MR) is 30.5 cm³/mol. The summed E-state index contributed by atoms with van der Waals surface area (Å²) in [7, 11) is 1.77. The molecule has 0 heterocycles. The Morgan fingerprint density at radius 3 is 2.17 bits per heavy atom. The highest BCUT2D eigenvalue weighted by Crippen LogP contribution is 1.57. The van der Waals surface area contributed by atoms with Crippen LogP contribution in [0.2, 0.25) is 0 Å². The lowest BCUT2D eigenvalue weighted by Gasteiger charge is -1.95. The number of nitrogens with one attached hydrogen (secondary N) is 2. The highest BCUT2D eigenvalue weighted by Gasteiger charge is 1.72. The first-order valence-corrected chi connectivity index (χ1v) is 2.11. The lowest BCUT2D eigenvalue weighted by Crippen LogP contribution is -2.30. The van der Waals surface area contributed by atoms with Crippen LogP contribution in [0.15, 0.2) is 0 Å². The molecule has 0 saturated carbocycles. The van der Waals surface area contributed by atoms with Gasteiger partial charge in [-0.1, -0.05) is 12.2 Å². The van der Waals surface area contributed by atoms with Gasteiger partial charge >= 0.3 is 0 Å². The average molecular weight is 104 g/mol. The van der Waals surface area contributed by atoms with Crippen molar-refractivity contribution in [1.29, 1.82) is 0 Å². The monoisotopic (exact) mass is 104 g/mol. The van der Waals surface area contributed by atoms with Gasteiger partial charge in [0, 0.05) is 7.05 Å². The molecule has 0 saturated heterocycles. The summed E-state index contributed by atoms with van der Waals surface area (Å²) in [5, 5.41) is 0. The van der Waals surface area contributed by atoms with Gasteiger partial charge in [0.15, 0.2) is 0 Å². The molecule has 0 unspecified atom stereocenters. The van der Waals surface area contributed by atoms with Crippen molar-refractivity contribution in [1.82, 2.24) is 10.9 Å². The fourth-order valence-electron chi connectivity index (χ4n) is 0.176. The molecule has 0 rings (SSSR count). The van der Waals surface area contributed by atoms with Gasteiger partial charge in [-0.2, -0.15) is 0 Å². The van der Waals surface area contributed by atoms with E-state index < -0.39 is 0 Å². The molecule has 0 fully saturated rings. The van der Waals surface area contributed by atoms with Crippen LogP contribution in [0, 0.1) is 0 Å². The highest BCUT2D eigenvalue weighted by atomic mass is 32.1. The largest absolute Gasteiger partial charge is 0.316 e. The summed E-state index contributed by atoms with van der Waals surface area (Å²) in [4.78, 5) is 0.762. The molecule has 0 atom stereocenters. The average Bonchev–Trinajstić information content (AvgIpc) is 1.35. The van der Waals surface area contributed by atoms with E-state index in [2.05, 4.69) is 23.1 Å². The van der Waals surface area contributed by atoms with E-state index in [1.54, 1.807) is 7.05 Å². The molecule has 0 aromatic rings. The van der Waals surface area contributed by atoms with Gasteiger partial charge in [-0.05, 0) is 6.92 Å². The van der Waals surface area contributed by atoms with Crippen LogP contribution in [0.1, 0.15) is 6.92 Å². The molecule has 6 heavy (non-hydrogen) atoms. The maximum Gasteiger partial charge on any atom is 0.0863 e. The summed E-state index contributed by atoms with van der Waals surface area (Å²) >= 11 is 4.62. The van der Waals surface area contributed by atoms with Crippen molar-refractivity contribution in [2.45, 2.75) is 6.92 Å². The Balaban J connectivity index is 2.83. The van der Waals surface area contributed by atoms with E-state index in [0.29, 0.717) is 0 Å².